The van der Waals surface area contributed by atoms with Crippen LogP contribution >= 0.6 is 0 Å². The van der Waals surface area contributed by atoms with Gasteiger partial charge in [0.25, 0.3) is 0 Å². The number of nitrogens with two attached hydrogens (primary N) is 1. The molecule has 3 N–H and O–H groups in total. The predicted molar refractivity (Wildman–Crippen MR) is 116 cm³/mol. The van der Waals surface area contributed by atoms with Crippen LogP contribution in [-0.2, 0) is 9.53 Å². The van der Waals surface area contributed by atoms with E-state index in [4.69, 9.17) is 19.9 Å². The molecule has 2 aromatic carbocycles. The molecule has 2 rings (SSSR count). The van der Waals surface area contributed by atoms with E-state index in [-0.39, 0.29) is 5.91 Å². The van der Waals surface area contributed by atoms with Crippen molar-refractivity contribution in [1.82, 2.24) is 0 Å². The van der Waals surface area contributed by atoms with Gasteiger partial charge in [0, 0.05) is 18.7 Å². The number of amides is 1. The lowest BCUT2D eigenvalue weighted by molar-refractivity contribution is -0.116. The maximum absolute atomic E-state index is 12.1. The number of carbonyl (C=O) groups excluding carboxylic acids is 2. The van der Waals surface area contributed by atoms with Gasteiger partial charge in [0.15, 0.2) is 0 Å². The summed E-state index contributed by atoms with van der Waals surface area (Å²) in [5.74, 6) is 0.948. The lowest BCUT2D eigenvalue weighted by Gasteiger charge is -2.19. The number of nitrogens with one attached hydrogen (secondary N) is 1. The highest BCUT2D eigenvalue weighted by molar-refractivity contribution is 5.93. The molecule has 0 unspecified atom stereocenters. The van der Waals surface area contributed by atoms with Crippen molar-refractivity contribution in [2.75, 3.05) is 25.1 Å². The molecule has 2 aromatic rings. The highest BCUT2D eigenvalue weighted by Gasteiger charge is 2.17. The van der Waals surface area contributed by atoms with Gasteiger partial charge in [0.1, 0.15) is 23.7 Å². The fourth-order valence-electron chi connectivity index (χ4n) is 2.48. The Morgan fingerprint density at radius 2 is 1.47 bits per heavy atom. The van der Waals surface area contributed by atoms with Crippen molar-refractivity contribution >= 4 is 17.6 Å². The van der Waals surface area contributed by atoms with Crippen molar-refractivity contribution < 1.29 is 23.8 Å². The third-order valence-corrected chi connectivity index (χ3v) is 3.83. The zero-order valence-corrected chi connectivity index (χ0v) is 17.8. The van der Waals surface area contributed by atoms with E-state index in [1.165, 1.54) is 0 Å². The largest absolute Gasteiger partial charge is 0.494 e. The van der Waals surface area contributed by atoms with Gasteiger partial charge in [-0.1, -0.05) is 0 Å². The van der Waals surface area contributed by atoms with Gasteiger partial charge < -0.3 is 25.3 Å². The van der Waals surface area contributed by atoms with Gasteiger partial charge in [-0.15, -0.1) is 0 Å². The number of rotatable bonds is 10. The quantitative estimate of drug-likeness (QED) is 0.453. The minimum Gasteiger partial charge on any atom is -0.494 e. The van der Waals surface area contributed by atoms with Gasteiger partial charge >= 0.3 is 5.97 Å². The fourth-order valence-corrected chi connectivity index (χ4v) is 2.48. The van der Waals surface area contributed by atoms with Crippen molar-refractivity contribution in [2.24, 2.45) is 5.73 Å². The predicted octanol–water partition coefficient (Wildman–Crippen LogP) is 3.78. The molecule has 30 heavy (non-hydrogen) atoms. The smallest absolute Gasteiger partial charge is 0.338 e. The molecule has 0 fully saturated rings. The van der Waals surface area contributed by atoms with E-state index in [1.807, 2.05) is 45.0 Å². The summed E-state index contributed by atoms with van der Waals surface area (Å²) in [6.45, 7) is 6.81. The normalized spacial score (nSPS) is 10.9. The van der Waals surface area contributed by atoms with Gasteiger partial charge in [-0.2, -0.15) is 0 Å². The van der Waals surface area contributed by atoms with Crippen LogP contribution in [-0.4, -0.2) is 37.2 Å². The van der Waals surface area contributed by atoms with Crippen molar-refractivity contribution in [2.45, 2.75) is 39.2 Å². The van der Waals surface area contributed by atoms with Gasteiger partial charge in [-0.25, -0.2) is 4.79 Å². The first-order valence-corrected chi connectivity index (χ1v) is 9.96. The molecular formula is C23H30N2O5. The third kappa shape index (κ3) is 8.53. The summed E-state index contributed by atoms with van der Waals surface area (Å²) < 4.78 is 16.4. The summed E-state index contributed by atoms with van der Waals surface area (Å²) in [6, 6.07) is 13.9. The molecule has 0 radical (unpaired) electrons. The second kappa shape index (κ2) is 11.2. The van der Waals surface area contributed by atoms with Crippen LogP contribution in [0.1, 0.15) is 44.0 Å². The van der Waals surface area contributed by atoms with Crippen LogP contribution in [0.4, 0.5) is 5.69 Å². The number of ether oxygens (including phenoxy) is 3. The molecule has 1 amide bonds. The monoisotopic (exact) mass is 414 g/mol. The van der Waals surface area contributed by atoms with Crippen molar-refractivity contribution in [3.8, 4) is 11.5 Å². The van der Waals surface area contributed by atoms with Crippen LogP contribution in [0.25, 0.3) is 0 Å². The number of hydrogen-bond donors (Lipinski definition) is 2. The molecule has 0 saturated heterocycles. The zero-order chi connectivity index (χ0) is 22.0. The van der Waals surface area contributed by atoms with Crippen LogP contribution in [0.2, 0.25) is 0 Å². The van der Waals surface area contributed by atoms with E-state index in [1.54, 1.807) is 24.3 Å². The Hall–Kier alpha value is -3.06. The number of anilines is 1. The van der Waals surface area contributed by atoms with E-state index in [2.05, 4.69) is 5.32 Å². The Balaban J connectivity index is 1.70. The van der Waals surface area contributed by atoms with E-state index in [0.717, 1.165) is 5.75 Å². The van der Waals surface area contributed by atoms with Crippen LogP contribution in [0.5, 0.6) is 11.5 Å². The number of carbonyl (C=O) groups is 2. The molecule has 0 bridgehead atoms. The first-order chi connectivity index (χ1) is 14.3. The Morgan fingerprint density at radius 3 is 2.00 bits per heavy atom. The molecule has 0 aromatic heterocycles. The van der Waals surface area contributed by atoms with E-state index in [9.17, 15) is 9.59 Å². The number of hydrogen-bond acceptors (Lipinski definition) is 6. The van der Waals surface area contributed by atoms with Crippen LogP contribution < -0.4 is 20.5 Å². The summed E-state index contributed by atoms with van der Waals surface area (Å²) in [6.07, 6.45) is 0.902. The molecule has 0 atom stereocenters. The van der Waals surface area contributed by atoms with Gasteiger partial charge in [-0.05, 0) is 75.7 Å². The lowest BCUT2D eigenvalue weighted by Crippen LogP contribution is -2.23. The molecule has 0 aliphatic carbocycles. The van der Waals surface area contributed by atoms with Crippen molar-refractivity contribution in [3.05, 3.63) is 54.1 Å². The van der Waals surface area contributed by atoms with Gasteiger partial charge in [0.05, 0.1) is 12.2 Å². The van der Waals surface area contributed by atoms with Gasteiger partial charge in [-0.3, -0.25) is 4.79 Å². The maximum atomic E-state index is 12.1. The number of esters is 1. The molecule has 7 heteroatoms. The molecule has 0 saturated carbocycles. The summed E-state index contributed by atoms with van der Waals surface area (Å²) in [5.41, 5.74) is 5.92. The SMILES string of the molecule is CC(C)(C)OC(=O)c1ccc(NC(=O)CCCOc2ccc(OCCN)cc2)cc1. The molecule has 0 spiro atoms. The summed E-state index contributed by atoms with van der Waals surface area (Å²) in [7, 11) is 0. The second-order valence-electron chi connectivity index (χ2n) is 7.69. The van der Waals surface area contributed by atoms with E-state index < -0.39 is 11.6 Å². The molecule has 0 heterocycles. The minimum atomic E-state index is -0.549. The summed E-state index contributed by atoms with van der Waals surface area (Å²) >= 11 is 0. The fraction of sp³-hybridized carbons (Fsp3) is 0.391. The highest BCUT2D eigenvalue weighted by Crippen LogP contribution is 2.18. The zero-order valence-electron chi connectivity index (χ0n) is 17.8. The maximum Gasteiger partial charge on any atom is 0.338 e. The first kappa shape index (κ1) is 23.2. The minimum absolute atomic E-state index is 0.117. The molecule has 7 nitrogen and oxygen atoms in total. The topological polar surface area (TPSA) is 99.9 Å². The van der Waals surface area contributed by atoms with E-state index >= 15 is 0 Å². The van der Waals surface area contributed by atoms with Crippen LogP contribution in [0, 0.1) is 0 Å². The van der Waals surface area contributed by atoms with Crippen molar-refractivity contribution in [3.63, 3.8) is 0 Å². The van der Waals surface area contributed by atoms with Crippen LogP contribution in [0.3, 0.4) is 0 Å². The summed E-state index contributed by atoms with van der Waals surface area (Å²) in [5, 5.41) is 2.81. The number of benzene rings is 2. The molecule has 0 aliphatic rings. The highest BCUT2D eigenvalue weighted by atomic mass is 16.6. The molecule has 0 aliphatic heterocycles. The Labute approximate surface area is 177 Å². The molecular weight excluding hydrogens is 384 g/mol. The summed E-state index contributed by atoms with van der Waals surface area (Å²) in [4.78, 5) is 24.1. The second-order valence-corrected chi connectivity index (χ2v) is 7.69. The average Bonchev–Trinajstić information content (AvgIpc) is 2.70. The third-order valence-electron chi connectivity index (χ3n) is 3.83. The standard InChI is InChI=1S/C23H30N2O5/c1-23(2,3)30-22(27)17-6-8-18(9-7-17)25-21(26)5-4-15-28-19-10-12-20(13-11-19)29-16-14-24/h6-13H,4-5,14-16,24H2,1-3H3,(H,25,26). The van der Waals surface area contributed by atoms with Crippen LogP contribution in [0.15, 0.2) is 48.5 Å². The average molecular weight is 415 g/mol. The first-order valence-electron chi connectivity index (χ1n) is 9.96. The molecule has 162 valence electrons. The Kier molecular flexibility index (Phi) is 8.68. The van der Waals surface area contributed by atoms with E-state index in [0.29, 0.717) is 49.6 Å². The lowest BCUT2D eigenvalue weighted by atomic mass is 10.1. The van der Waals surface area contributed by atoms with Crippen molar-refractivity contribution in [1.29, 1.82) is 0 Å². The Bertz CT molecular complexity index is 811. The Morgan fingerprint density at radius 1 is 0.900 bits per heavy atom. The van der Waals surface area contributed by atoms with Gasteiger partial charge in [0.2, 0.25) is 5.91 Å².